The number of hydrogen-bond donors (Lipinski definition) is 1. The summed E-state index contributed by atoms with van der Waals surface area (Å²) in [6, 6.07) is 16.2. The Morgan fingerprint density at radius 2 is 1.77 bits per heavy atom. The third-order valence-corrected chi connectivity index (χ3v) is 5.77. The van der Waals surface area contributed by atoms with Gasteiger partial charge in [0, 0.05) is 17.3 Å². The van der Waals surface area contributed by atoms with E-state index in [1.165, 1.54) is 0 Å². The van der Waals surface area contributed by atoms with Gasteiger partial charge in [-0.1, -0.05) is 49.4 Å². The average Bonchev–Trinajstić information content (AvgIpc) is 3.42. The van der Waals surface area contributed by atoms with E-state index in [0.717, 1.165) is 70.5 Å². The number of anilines is 1. The van der Waals surface area contributed by atoms with Gasteiger partial charge in [-0.15, -0.1) is 5.10 Å². The molecule has 0 atom stereocenters. The maximum atomic E-state index is 6.20. The lowest BCUT2D eigenvalue weighted by molar-refractivity contribution is 0.284. The zero-order chi connectivity index (χ0) is 21.2. The summed E-state index contributed by atoms with van der Waals surface area (Å²) in [7, 11) is 0. The van der Waals surface area contributed by atoms with Crippen molar-refractivity contribution in [2.75, 3.05) is 25.0 Å². The molecule has 0 saturated carbocycles. The minimum Gasteiger partial charge on any atom is -0.452 e. The molecule has 0 bridgehead atoms. The molecule has 158 valence electrons. The molecule has 0 saturated heterocycles. The number of likely N-dealkylation sites (N-methyl/N-ethyl adjacent to an activating group) is 1. The van der Waals surface area contributed by atoms with E-state index in [1.54, 1.807) is 0 Å². The minimum absolute atomic E-state index is 0.561. The van der Waals surface area contributed by atoms with Crippen molar-refractivity contribution >= 4 is 38.7 Å². The molecule has 3 heterocycles. The highest BCUT2D eigenvalue weighted by Gasteiger charge is 2.16. The van der Waals surface area contributed by atoms with E-state index in [1.807, 2.05) is 53.3 Å². The topological polar surface area (TPSA) is 72.0 Å². The molecule has 3 aromatic heterocycles. The summed E-state index contributed by atoms with van der Waals surface area (Å²) in [5.41, 5.74) is 5.25. The second-order valence-electron chi connectivity index (χ2n) is 7.63. The molecule has 0 radical (unpaired) electrons. The van der Waals surface area contributed by atoms with E-state index in [2.05, 4.69) is 40.4 Å². The lowest BCUT2D eigenvalue weighted by atomic mass is 10.1. The van der Waals surface area contributed by atoms with E-state index >= 15 is 0 Å². The molecule has 2 aromatic carbocycles. The van der Waals surface area contributed by atoms with Gasteiger partial charge in [-0.3, -0.25) is 4.68 Å². The van der Waals surface area contributed by atoms with Crippen molar-refractivity contribution in [1.82, 2.24) is 24.9 Å². The van der Waals surface area contributed by atoms with Crippen LogP contribution >= 0.6 is 0 Å². The highest BCUT2D eigenvalue weighted by atomic mass is 16.3. The van der Waals surface area contributed by atoms with Crippen molar-refractivity contribution in [2.45, 2.75) is 26.9 Å². The van der Waals surface area contributed by atoms with Crippen LogP contribution in [0, 0.1) is 0 Å². The van der Waals surface area contributed by atoms with Crippen molar-refractivity contribution in [2.24, 2.45) is 0 Å². The van der Waals surface area contributed by atoms with Crippen molar-refractivity contribution in [3.05, 3.63) is 60.4 Å². The number of nitrogens with zero attached hydrogens (tertiary/aromatic N) is 5. The number of benzene rings is 2. The standard InChI is InChI=1S/C24H26N6O/c1-3-29(4-2)13-14-30-16-17(27-28-30)15-25-22-18-9-5-7-11-20(18)26-23-19-10-6-8-12-21(19)31-24(22)23/h5-12,16H,3-4,13-15H2,1-2H3,(H,25,26). The van der Waals surface area contributed by atoms with Gasteiger partial charge in [0.05, 0.1) is 30.5 Å². The Hall–Kier alpha value is -3.45. The number of aromatic nitrogens is 4. The van der Waals surface area contributed by atoms with Crippen molar-refractivity contribution in [3.63, 3.8) is 0 Å². The molecule has 5 rings (SSSR count). The largest absolute Gasteiger partial charge is 0.452 e. The highest BCUT2D eigenvalue weighted by Crippen LogP contribution is 2.36. The Balaban J connectivity index is 1.45. The van der Waals surface area contributed by atoms with Crippen LogP contribution in [0.3, 0.4) is 0 Å². The number of furan rings is 1. The normalized spacial score (nSPS) is 11.8. The summed E-state index contributed by atoms with van der Waals surface area (Å²) in [5.74, 6) is 0. The van der Waals surface area contributed by atoms with Crippen molar-refractivity contribution in [1.29, 1.82) is 0 Å². The van der Waals surface area contributed by atoms with Gasteiger partial charge in [-0.2, -0.15) is 0 Å². The molecule has 31 heavy (non-hydrogen) atoms. The Morgan fingerprint density at radius 3 is 2.61 bits per heavy atom. The Labute approximate surface area is 180 Å². The Bertz CT molecular complexity index is 1330. The van der Waals surface area contributed by atoms with Crippen LogP contribution in [0.25, 0.3) is 33.0 Å². The van der Waals surface area contributed by atoms with Gasteiger partial charge in [0.2, 0.25) is 0 Å². The van der Waals surface area contributed by atoms with Gasteiger partial charge in [-0.05, 0) is 31.3 Å². The quantitative estimate of drug-likeness (QED) is 0.397. The van der Waals surface area contributed by atoms with Crippen LogP contribution in [0.2, 0.25) is 0 Å². The van der Waals surface area contributed by atoms with Crippen LogP contribution in [0.4, 0.5) is 5.69 Å². The number of pyridine rings is 1. The third kappa shape index (κ3) is 3.72. The maximum Gasteiger partial charge on any atom is 0.177 e. The van der Waals surface area contributed by atoms with Gasteiger partial charge in [0.1, 0.15) is 16.8 Å². The zero-order valence-corrected chi connectivity index (χ0v) is 17.9. The molecule has 0 spiro atoms. The molecule has 0 unspecified atom stereocenters. The monoisotopic (exact) mass is 414 g/mol. The molecule has 7 heteroatoms. The summed E-state index contributed by atoms with van der Waals surface area (Å²) >= 11 is 0. The first-order valence-corrected chi connectivity index (χ1v) is 10.8. The number of rotatable bonds is 8. The third-order valence-electron chi connectivity index (χ3n) is 5.77. The van der Waals surface area contributed by atoms with Gasteiger partial charge < -0.3 is 14.6 Å². The van der Waals surface area contributed by atoms with Crippen LogP contribution in [-0.4, -0.2) is 44.5 Å². The smallest absolute Gasteiger partial charge is 0.177 e. The fourth-order valence-corrected chi connectivity index (χ4v) is 4.00. The lowest BCUT2D eigenvalue weighted by Gasteiger charge is -2.17. The van der Waals surface area contributed by atoms with Crippen molar-refractivity contribution < 1.29 is 4.42 Å². The van der Waals surface area contributed by atoms with Gasteiger partial charge in [0.15, 0.2) is 5.58 Å². The van der Waals surface area contributed by atoms with Gasteiger partial charge in [0.25, 0.3) is 0 Å². The minimum atomic E-state index is 0.561. The summed E-state index contributed by atoms with van der Waals surface area (Å²) < 4.78 is 8.12. The highest BCUT2D eigenvalue weighted by molar-refractivity contribution is 6.13. The van der Waals surface area contributed by atoms with Crippen LogP contribution in [0.5, 0.6) is 0 Å². The first-order valence-electron chi connectivity index (χ1n) is 10.8. The van der Waals surface area contributed by atoms with Crippen LogP contribution in [0.1, 0.15) is 19.5 Å². The first kappa shape index (κ1) is 19.5. The molecule has 0 aliphatic heterocycles. The molecule has 5 aromatic rings. The summed E-state index contributed by atoms with van der Waals surface area (Å²) in [6.07, 6.45) is 2.01. The van der Waals surface area contributed by atoms with E-state index in [0.29, 0.717) is 6.54 Å². The van der Waals surface area contributed by atoms with E-state index in [4.69, 9.17) is 9.40 Å². The molecule has 0 aliphatic rings. The number of para-hydroxylation sites is 2. The molecular formula is C24H26N6O. The second kappa shape index (κ2) is 8.35. The predicted molar refractivity (Wildman–Crippen MR) is 124 cm³/mol. The fraction of sp³-hybridized carbons (Fsp3) is 0.292. The molecule has 7 nitrogen and oxygen atoms in total. The van der Waals surface area contributed by atoms with Gasteiger partial charge >= 0.3 is 0 Å². The van der Waals surface area contributed by atoms with Crippen LogP contribution in [-0.2, 0) is 13.1 Å². The van der Waals surface area contributed by atoms with Crippen molar-refractivity contribution in [3.8, 4) is 0 Å². The summed E-state index contributed by atoms with van der Waals surface area (Å²) in [5, 5.41) is 14.2. The average molecular weight is 415 g/mol. The summed E-state index contributed by atoms with van der Waals surface area (Å²) in [4.78, 5) is 7.25. The molecule has 0 amide bonds. The maximum absolute atomic E-state index is 6.20. The van der Waals surface area contributed by atoms with E-state index in [9.17, 15) is 0 Å². The molecule has 0 fully saturated rings. The fourth-order valence-electron chi connectivity index (χ4n) is 4.00. The number of fused-ring (bicyclic) bond motifs is 4. The van der Waals surface area contributed by atoms with E-state index in [-0.39, 0.29) is 0 Å². The lowest BCUT2D eigenvalue weighted by Crippen LogP contribution is -2.27. The number of hydrogen-bond acceptors (Lipinski definition) is 6. The number of nitrogens with one attached hydrogen (secondary N) is 1. The summed E-state index contributed by atoms with van der Waals surface area (Å²) in [6.45, 7) is 8.81. The predicted octanol–water partition coefficient (Wildman–Crippen LogP) is 4.68. The van der Waals surface area contributed by atoms with Gasteiger partial charge in [-0.25, -0.2) is 4.98 Å². The SMILES string of the molecule is CCN(CC)CCn1cc(CNc2c3ccccc3nc3c2oc2ccccc23)nn1. The zero-order valence-electron chi connectivity index (χ0n) is 17.9. The molecule has 0 aliphatic carbocycles. The molecule has 1 N–H and O–H groups in total. The van der Waals surface area contributed by atoms with Crippen LogP contribution in [0.15, 0.2) is 59.1 Å². The van der Waals surface area contributed by atoms with Crippen LogP contribution < -0.4 is 5.32 Å². The Morgan fingerprint density at radius 1 is 1.00 bits per heavy atom. The first-order chi connectivity index (χ1) is 15.3. The molecular weight excluding hydrogens is 388 g/mol. The van der Waals surface area contributed by atoms with E-state index < -0.39 is 0 Å². The second-order valence-corrected chi connectivity index (χ2v) is 7.63. The Kier molecular flexibility index (Phi) is 5.26.